The maximum absolute atomic E-state index is 12.1. The molecule has 4 aromatic rings. The van der Waals surface area contributed by atoms with Gasteiger partial charge in [-0.05, 0) is 29.1 Å². The average Bonchev–Trinajstić information content (AvgIpc) is 3.18. The van der Waals surface area contributed by atoms with Crippen molar-refractivity contribution in [2.24, 2.45) is 0 Å². The molecular weight excluding hydrogens is 300 g/mol. The molecule has 6 nitrogen and oxygen atoms in total. The van der Waals surface area contributed by atoms with E-state index in [2.05, 4.69) is 19.6 Å². The maximum atomic E-state index is 12.1. The summed E-state index contributed by atoms with van der Waals surface area (Å²) in [5, 5.41) is 10.8. The first-order chi connectivity index (χ1) is 10.8. The fraction of sp³-hybridized carbons (Fsp3) is 0.0667. The average molecular weight is 310 g/mol. The van der Waals surface area contributed by atoms with Gasteiger partial charge in [0.25, 0.3) is 5.56 Å². The minimum atomic E-state index is -0.143. The first-order valence-corrected chi connectivity index (χ1v) is 7.46. The van der Waals surface area contributed by atoms with Crippen LogP contribution < -0.4 is 5.56 Å². The number of aromatic amines is 1. The van der Waals surface area contributed by atoms with Gasteiger partial charge in [-0.1, -0.05) is 18.2 Å². The number of pyridine rings is 1. The molecule has 0 aliphatic rings. The summed E-state index contributed by atoms with van der Waals surface area (Å²) in [6.45, 7) is 0. The van der Waals surface area contributed by atoms with Gasteiger partial charge < -0.3 is 9.40 Å². The third-order valence-electron chi connectivity index (χ3n) is 3.32. The predicted molar refractivity (Wildman–Crippen MR) is 82.8 cm³/mol. The molecule has 0 unspecified atom stereocenters. The minimum absolute atomic E-state index is 0.143. The highest BCUT2D eigenvalue weighted by atomic mass is 32.1. The monoisotopic (exact) mass is 310 g/mol. The summed E-state index contributed by atoms with van der Waals surface area (Å²) in [6.07, 6.45) is 1.97. The fourth-order valence-corrected chi connectivity index (χ4v) is 2.75. The molecule has 0 radical (unpaired) electrons. The Labute approximate surface area is 128 Å². The van der Waals surface area contributed by atoms with Crippen LogP contribution in [0.25, 0.3) is 22.4 Å². The third kappa shape index (κ3) is 2.31. The lowest BCUT2D eigenvalue weighted by molar-refractivity contribution is 0.517. The Morgan fingerprint density at radius 2 is 2.14 bits per heavy atom. The van der Waals surface area contributed by atoms with Gasteiger partial charge in [0, 0.05) is 16.5 Å². The number of rotatable bonds is 3. The second-order valence-electron chi connectivity index (χ2n) is 4.80. The molecule has 4 rings (SSSR count). The maximum Gasteiger partial charge on any atom is 0.252 e. The van der Waals surface area contributed by atoms with E-state index in [1.165, 1.54) is 11.5 Å². The lowest BCUT2D eigenvalue weighted by Crippen LogP contribution is -2.12. The molecule has 3 aromatic heterocycles. The Morgan fingerprint density at radius 3 is 3.00 bits per heavy atom. The van der Waals surface area contributed by atoms with Crippen LogP contribution in [0.15, 0.2) is 51.1 Å². The first-order valence-electron chi connectivity index (χ1n) is 6.63. The number of nitrogens with one attached hydrogen (secondary N) is 1. The number of hydrogen-bond acceptors (Lipinski definition) is 6. The van der Waals surface area contributed by atoms with Gasteiger partial charge in [-0.2, -0.15) is 0 Å². The van der Waals surface area contributed by atoms with Crippen LogP contribution in [0.5, 0.6) is 0 Å². The van der Waals surface area contributed by atoms with Crippen LogP contribution in [0.1, 0.15) is 11.5 Å². The highest BCUT2D eigenvalue weighted by Crippen LogP contribution is 2.19. The van der Waals surface area contributed by atoms with E-state index in [0.29, 0.717) is 23.8 Å². The van der Waals surface area contributed by atoms with Crippen LogP contribution in [0.3, 0.4) is 0 Å². The molecule has 0 aliphatic carbocycles. The summed E-state index contributed by atoms with van der Waals surface area (Å²) < 4.78 is 9.59. The van der Waals surface area contributed by atoms with Gasteiger partial charge in [0.05, 0.1) is 18.2 Å². The smallest absolute Gasteiger partial charge is 0.252 e. The van der Waals surface area contributed by atoms with Crippen molar-refractivity contribution in [2.45, 2.75) is 6.42 Å². The van der Waals surface area contributed by atoms with Crippen molar-refractivity contribution in [3.63, 3.8) is 0 Å². The number of hydrogen-bond donors (Lipinski definition) is 1. The van der Waals surface area contributed by atoms with E-state index in [4.69, 9.17) is 4.42 Å². The van der Waals surface area contributed by atoms with Gasteiger partial charge in [-0.3, -0.25) is 4.79 Å². The second kappa shape index (κ2) is 5.19. The van der Waals surface area contributed by atoms with Gasteiger partial charge in [0.15, 0.2) is 0 Å². The van der Waals surface area contributed by atoms with Crippen LogP contribution in [-0.2, 0) is 6.42 Å². The van der Waals surface area contributed by atoms with E-state index in [9.17, 15) is 4.79 Å². The summed E-state index contributed by atoms with van der Waals surface area (Å²) in [7, 11) is 0. The SMILES string of the molecule is O=c1[nH]c2ccccc2cc1Cc1nnc(-c2cnsc2)o1. The van der Waals surface area contributed by atoms with E-state index in [-0.39, 0.29) is 5.56 Å². The molecule has 0 saturated heterocycles. The minimum Gasteiger partial charge on any atom is -0.420 e. The van der Waals surface area contributed by atoms with Crippen molar-refractivity contribution in [2.75, 3.05) is 0 Å². The van der Waals surface area contributed by atoms with Crippen molar-refractivity contribution in [3.8, 4) is 11.5 Å². The van der Waals surface area contributed by atoms with Crippen molar-refractivity contribution < 1.29 is 4.42 Å². The van der Waals surface area contributed by atoms with Crippen LogP contribution in [0.2, 0.25) is 0 Å². The van der Waals surface area contributed by atoms with Crippen LogP contribution in [-0.4, -0.2) is 19.6 Å². The highest BCUT2D eigenvalue weighted by Gasteiger charge is 2.12. The zero-order chi connectivity index (χ0) is 14.9. The van der Waals surface area contributed by atoms with Crippen LogP contribution >= 0.6 is 11.5 Å². The highest BCUT2D eigenvalue weighted by molar-refractivity contribution is 7.03. The van der Waals surface area contributed by atoms with Crippen molar-refractivity contribution in [3.05, 3.63) is 63.7 Å². The lowest BCUT2D eigenvalue weighted by Gasteiger charge is -2.00. The number of H-pyrrole nitrogens is 1. The molecule has 0 aliphatic heterocycles. The summed E-state index contributed by atoms with van der Waals surface area (Å²) in [4.78, 5) is 15.0. The Bertz CT molecular complexity index is 988. The summed E-state index contributed by atoms with van der Waals surface area (Å²) in [5.74, 6) is 0.822. The molecule has 0 fully saturated rings. The number of para-hydroxylation sites is 1. The predicted octanol–water partition coefficient (Wildman–Crippen LogP) is 2.63. The van der Waals surface area contributed by atoms with Gasteiger partial charge in [-0.15, -0.1) is 10.2 Å². The number of aromatic nitrogens is 4. The Hall–Kier alpha value is -2.80. The zero-order valence-electron chi connectivity index (χ0n) is 11.3. The molecule has 22 heavy (non-hydrogen) atoms. The second-order valence-corrected chi connectivity index (χ2v) is 5.46. The molecule has 3 heterocycles. The van der Waals surface area contributed by atoms with E-state index in [0.717, 1.165) is 16.5 Å². The Morgan fingerprint density at radius 1 is 1.23 bits per heavy atom. The Kier molecular flexibility index (Phi) is 3.05. The molecule has 0 atom stereocenters. The summed E-state index contributed by atoms with van der Waals surface area (Å²) >= 11 is 1.32. The number of benzene rings is 1. The molecule has 0 amide bonds. The largest absolute Gasteiger partial charge is 0.420 e. The zero-order valence-corrected chi connectivity index (χ0v) is 12.1. The fourth-order valence-electron chi connectivity index (χ4n) is 2.24. The van der Waals surface area contributed by atoms with Crippen molar-refractivity contribution >= 4 is 22.4 Å². The van der Waals surface area contributed by atoms with Crippen LogP contribution in [0.4, 0.5) is 0 Å². The molecular formula is C15H10N4O2S. The van der Waals surface area contributed by atoms with Gasteiger partial charge in [0.2, 0.25) is 11.8 Å². The van der Waals surface area contributed by atoms with Gasteiger partial charge in [-0.25, -0.2) is 4.37 Å². The standard InChI is InChI=1S/C15H10N4O2S/c20-14-10(5-9-3-1-2-4-12(9)17-14)6-13-18-19-15(21-13)11-7-16-22-8-11/h1-5,7-8H,6H2,(H,17,20). The number of fused-ring (bicyclic) bond motifs is 1. The molecule has 7 heteroatoms. The lowest BCUT2D eigenvalue weighted by atomic mass is 10.1. The van der Waals surface area contributed by atoms with Gasteiger partial charge >= 0.3 is 0 Å². The summed E-state index contributed by atoms with van der Waals surface area (Å²) in [5.41, 5.74) is 2.05. The van der Waals surface area contributed by atoms with E-state index in [1.807, 2.05) is 35.7 Å². The van der Waals surface area contributed by atoms with Crippen LogP contribution in [0, 0.1) is 0 Å². The van der Waals surface area contributed by atoms with Gasteiger partial charge in [0.1, 0.15) is 0 Å². The third-order valence-corrected chi connectivity index (χ3v) is 3.90. The van der Waals surface area contributed by atoms with E-state index >= 15 is 0 Å². The molecule has 1 N–H and O–H groups in total. The quantitative estimate of drug-likeness (QED) is 0.629. The molecule has 0 bridgehead atoms. The van der Waals surface area contributed by atoms with Crippen molar-refractivity contribution in [1.29, 1.82) is 0 Å². The molecule has 0 saturated carbocycles. The van der Waals surface area contributed by atoms with Crippen molar-refractivity contribution in [1.82, 2.24) is 19.6 Å². The molecule has 0 spiro atoms. The molecule has 1 aromatic carbocycles. The first kappa shape index (κ1) is 12.9. The topological polar surface area (TPSA) is 84.7 Å². The molecule has 108 valence electrons. The van der Waals surface area contributed by atoms with E-state index < -0.39 is 0 Å². The number of nitrogens with zero attached hydrogens (tertiary/aromatic N) is 3. The Balaban J connectivity index is 1.69. The normalized spacial score (nSPS) is 11.1. The summed E-state index contributed by atoms with van der Waals surface area (Å²) in [6, 6.07) is 9.49. The van der Waals surface area contributed by atoms with E-state index in [1.54, 1.807) is 6.20 Å².